The number of anilines is 1. The summed E-state index contributed by atoms with van der Waals surface area (Å²) in [6.45, 7) is 8.98. The van der Waals surface area contributed by atoms with Gasteiger partial charge in [0.15, 0.2) is 0 Å². The van der Waals surface area contributed by atoms with Gasteiger partial charge in [-0.1, -0.05) is 5.57 Å². The largest absolute Gasteiger partial charge is 0.463 e. The van der Waals surface area contributed by atoms with Crippen molar-refractivity contribution in [3.63, 3.8) is 0 Å². The van der Waals surface area contributed by atoms with E-state index < -0.39 is 0 Å². The van der Waals surface area contributed by atoms with E-state index in [0.717, 1.165) is 18.5 Å². The minimum Gasteiger partial charge on any atom is -0.463 e. The van der Waals surface area contributed by atoms with E-state index in [-0.39, 0.29) is 0 Å². The summed E-state index contributed by atoms with van der Waals surface area (Å²) in [4.78, 5) is 16.8. The number of aromatic nitrogens is 5. The van der Waals surface area contributed by atoms with Crippen molar-refractivity contribution < 1.29 is 4.74 Å². The molecule has 1 N–H and O–H groups in total. The zero-order valence-corrected chi connectivity index (χ0v) is 11.7. The van der Waals surface area contributed by atoms with E-state index >= 15 is 0 Å². The van der Waals surface area contributed by atoms with Crippen LogP contribution in [0.3, 0.4) is 0 Å². The lowest BCUT2D eigenvalue weighted by Crippen LogP contribution is -2.10. The molecule has 0 bridgehead atoms. The van der Waals surface area contributed by atoms with Crippen LogP contribution >= 0.6 is 0 Å². The van der Waals surface area contributed by atoms with Gasteiger partial charge in [-0.2, -0.15) is 15.0 Å². The zero-order valence-electron chi connectivity index (χ0n) is 11.7. The van der Waals surface area contributed by atoms with Crippen LogP contribution in [-0.4, -0.2) is 37.7 Å². The van der Waals surface area contributed by atoms with Crippen LogP contribution in [0.5, 0.6) is 6.01 Å². The molecule has 0 atom stereocenters. The smallest absolute Gasteiger partial charge is 0.323 e. The Morgan fingerprint density at radius 3 is 2.90 bits per heavy atom. The normalized spacial score (nSPS) is 10.3. The van der Waals surface area contributed by atoms with E-state index in [1.54, 1.807) is 23.3 Å². The molecule has 0 fully saturated rings. The molecule has 0 saturated heterocycles. The molecule has 20 heavy (non-hydrogen) atoms. The van der Waals surface area contributed by atoms with Gasteiger partial charge in [-0.3, -0.25) is 4.57 Å². The summed E-state index contributed by atoms with van der Waals surface area (Å²) in [6.07, 6.45) is 5.83. The predicted molar refractivity (Wildman–Crippen MR) is 76.0 cm³/mol. The molecule has 0 unspecified atom stereocenters. The van der Waals surface area contributed by atoms with Crippen LogP contribution in [0, 0.1) is 0 Å². The van der Waals surface area contributed by atoms with Crippen LogP contribution in [0.15, 0.2) is 30.9 Å². The molecule has 2 heterocycles. The van der Waals surface area contributed by atoms with Gasteiger partial charge >= 0.3 is 6.01 Å². The van der Waals surface area contributed by atoms with E-state index in [4.69, 9.17) is 4.74 Å². The Bertz CT molecular complexity index is 566. The molecule has 0 radical (unpaired) electrons. The fourth-order valence-corrected chi connectivity index (χ4v) is 1.46. The van der Waals surface area contributed by atoms with Gasteiger partial charge < -0.3 is 10.1 Å². The zero-order chi connectivity index (χ0) is 14.4. The average Bonchev–Trinajstić information content (AvgIpc) is 2.92. The number of hydrogen-bond donors (Lipinski definition) is 1. The van der Waals surface area contributed by atoms with E-state index in [0.29, 0.717) is 24.5 Å². The van der Waals surface area contributed by atoms with Crippen molar-refractivity contribution in [1.29, 1.82) is 0 Å². The lowest BCUT2D eigenvalue weighted by molar-refractivity contribution is 0.295. The van der Waals surface area contributed by atoms with Gasteiger partial charge in [-0.05, 0) is 13.8 Å². The lowest BCUT2D eigenvalue weighted by atomic mass is 10.3. The number of ether oxygens (including phenoxy) is 1. The first-order chi connectivity index (χ1) is 9.69. The molecule has 0 aliphatic rings. The maximum atomic E-state index is 5.55. The van der Waals surface area contributed by atoms with Crippen LogP contribution in [-0.2, 0) is 0 Å². The first-order valence-electron chi connectivity index (χ1n) is 6.44. The summed E-state index contributed by atoms with van der Waals surface area (Å²) >= 11 is 0. The van der Waals surface area contributed by atoms with Crippen molar-refractivity contribution in [2.45, 2.75) is 20.3 Å². The molecule has 7 nitrogen and oxygen atoms in total. The van der Waals surface area contributed by atoms with E-state index in [2.05, 4.69) is 31.8 Å². The molecule has 2 rings (SSSR count). The molecule has 0 aromatic carbocycles. The molecule has 7 heteroatoms. The number of nitrogens with one attached hydrogen (secondary N) is 1. The third-order valence-electron chi connectivity index (χ3n) is 2.43. The van der Waals surface area contributed by atoms with Gasteiger partial charge in [0.2, 0.25) is 11.9 Å². The highest BCUT2D eigenvalue weighted by atomic mass is 16.5. The van der Waals surface area contributed by atoms with Gasteiger partial charge in [0.1, 0.15) is 6.33 Å². The average molecular weight is 274 g/mol. The maximum Gasteiger partial charge on any atom is 0.323 e. The van der Waals surface area contributed by atoms with Crippen molar-refractivity contribution in [1.82, 2.24) is 24.5 Å². The van der Waals surface area contributed by atoms with E-state index in [9.17, 15) is 0 Å². The Morgan fingerprint density at radius 1 is 1.40 bits per heavy atom. The standard InChI is InChI=1S/C13H18N6O/c1-4-15-11-16-12(19-7-6-14-9-19)18-13(17-11)20-8-5-10(2)3/h6-7,9H,2,4-5,8H2,1,3H3,(H,15,16,17,18). The number of rotatable bonds is 7. The van der Waals surface area contributed by atoms with Crippen LogP contribution < -0.4 is 10.1 Å². The van der Waals surface area contributed by atoms with Gasteiger partial charge in [0, 0.05) is 25.4 Å². The van der Waals surface area contributed by atoms with Crippen LogP contribution in [0.4, 0.5) is 5.95 Å². The SMILES string of the molecule is C=C(C)CCOc1nc(NCC)nc(-n2ccnc2)n1. The quantitative estimate of drug-likeness (QED) is 0.776. The maximum absolute atomic E-state index is 5.55. The third kappa shape index (κ3) is 3.78. The second-order valence-electron chi connectivity index (χ2n) is 4.30. The van der Waals surface area contributed by atoms with Crippen LogP contribution in [0.2, 0.25) is 0 Å². The first kappa shape index (κ1) is 14.0. The van der Waals surface area contributed by atoms with E-state index in [1.807, 2.05) is 13.8 Å². The van der Waals surface area contributed by atoms with Crippen molar-refractivity contribution >= 4 is 5.95 Å². The Morgan fingerprint density at radius 2 is 2.25 bits per heavy atom. The molecule has 0 spiro atoms. The molecule has 106 valence electrons. The number of imidazole rings is 1. The molecule has 0 amide bonds. The van der Waals surface area contributed by atoms with Gasteiger partial charge in [0.25, 0.3) is 0 Å². The fraction of sp³-hybridized carbons (Fsp3) is 0.385. The predicted octanol–water partition coefficient (Wildman–Crippen LogP) is 1.83. The van der Waals surface area contributed by atoms with Gasteiger partial charge in [0.05, 0.1) is 6.61 Å². The summed E-state index contributed by atoms with van der Waals surface area (Å²) < 4.78 is 7.25. The molecular weight excluding hydrogens is 256 g/mol. The monoisotopic (exact) mass is 274 g/mol. The van der Waals surface area contributed by atoms with Crippen molar-refractivity contribution in [3.8, 4) is 12.0 Å². The topological polar surface area (TPSA) is 77.8 Å². The molecule has 2 aromatic rings. The Balaban J connectivity index is 2.19. The summed E-state index contributed by atoms with van der Waals surface area (Å²) in [5, 5.41) is 3.06. The molecular formula is C13H18N6O. The first-order valence-corrected chi connectivity index (χ1v) is 6.44. The van der Waals surface area contributed by atoms with Gasteiger partial charge in [-0.15, -0.1) is 6.58 Å². The second-order valence-corrected chi connectivity index (χ2v) is 4.30. The second kappa shape index (κ2) is 6.65. The summed E-state index contributed by atoms with van der Waals surface area (Å²) in [6, 6.07) is 0.292. The van der Waals surface area contributed by atoms with Crippen LogP contribution in [0.25, 0.3) is 5.95 Å². The fourth-order valence-electron chi connectivity index (χ4n) is 1.46. The molecule has 0 saturated carbocycles. The van der Waals surface area contributed by atoms with E-state index in [1.165, 1.54) is 0 Å². The highest BCUT2D eigenvalue weighted by Gasteiger charge is 2.08. The highest BCUT2D eigenvalue weighted by molar-refractivity contribution is 5.30. The summed E-state index contributed by atoms with van der Waals surface area (Å²) in [5.74, 6) is 0.954. The Kier molecular flexibility index (Phi) is 4.65. The molecule has 0 aliphatic carbocycles. The van der Waals surface area contributed by atoms with Crippen LogP contribution in [0.1, 0.15) is 20.3 Å². The number of hydrogen-bond acceptors (Lipinski definition) is 6. The highest BCUT2D eigenvalue weighted by Crippen LogP contribution is 2.11. The minimum atomic E-state index is 0.292. The van der Waals surface area contributed by atoms with Gasteiger partial charge in [-0.25, -0.2) is 4.98 Å². The molecule has 2 aromatic heterocycles. The number of nitrogens with zero attached hydrogens (tertiary/aromatic N) is 5. The summed E-state index contributed by atoms with van der Waals surface area (Å²) in [5.41, 5.74) is 1.06. The van der Waals surface area contributed by atoms with Crippen molar-refractivity contribution in [2.75, 3.05) is 18.5 Å². The van der Waals surface area contributed by atoms with Crippen molar-refractivity contribution in [2.24, 2.45) is 0 Å². The third-order valence-corrected chi connectivity index (χ3v) is 2.43. The Labute approximate surface area is 117 Å². The molecule has 0 aliphatic heterocycles. The Hall–Kier alpha value is -2.44. The van der Waals surface area contributed by atoms with Crippen molar-refractivity contribution in [3.05, 3.63) is 30.9 Å². The lowest BCUT2D eigenvalue weighted by Gasteiger charge is -2.09. The summed E-state index contributed by atoms with van der Waals surface area (Å²) in [7, 11) is 0. The minimum absolute atomic E-state index is 0.292.